The molecule has 0 bridgehead atoms. The fourth-order valence-corrected chi connectivity index (χ4v) is 0.975. The smallest absolute Gasteiger partial charge is 0.120 e. The molecule has 12 heavy (non-hydrogen) atoms. The first-order chi connectivity index (χ1) is 5.76. The van der Waals surface area contributed by atoms with Crippen LogP contribution >= 0.6 is 0 Å². The van der Waals surface area contributed by atoms with E-state index in [1.54, 1.807) is 12.1 Å². The lowest BCUT2D eigenvalue weighted by Crippen LogP contribution is -1.92. The van der Waals surface area contributed by atoms with Crippen LogP contribution < -0.4 is 4.74 Å². The number of hydrogen-bond acceptors (Lipinski definition) is 2. The molecule has 0 atom stereocenters. The summed E-state index contributed by atoms with van der Waals surface area (Å²) in [6.45, 7) is 6.25. The summed E-state index contributed by atoms with van der Waals surface area (Å²) in [7, 11) is 0. The molecule has 1 aromatic rings. The van der Waals surface area contributed by atoms with Gasteiger partial charge in [-0.2, -0.15) is 5.26 Å². The Bertz CT molecular complexity index is 312. The quantitative estimate of drug-likeness (QED) is 0.664. The molecule has 1 radical (unpaired) electrons. The highest BCUT2D eigenvalue weighted by Gasteiger charge is 1.97. The van der Waals surface area contributed by atoms with E-state index in [0.717, 1.165) is 5.56 Å². The van der Waals surface area contributed by atoms with Crippen molar-refractivity contribution in [1.82, 2.24) is 0 Å². The molecule has 61 valence electrons. The van der Waals surface area contributed by atoms with Gasteiger partial charge in [0.2, 0.25) is 0 Å². The van der Waals surface area contributed by atoms with E-state index in [1.807, 2.05) is 19.1 Å². The number of rotatable bonds is 2. The molecule has 0 fully saturated rings. The van der Waals surface area contributed by atoms with Crippen LogP contribution in [-0.2, 0) is 0 Å². The van der Waals surface area contributed by atoms with Crippen molar-refractivity contribution in [1.29, 1.82) is 5.26 Å². The Kier molecular flexibility index (Phi) is 2.71. The van der Waals surface area contributed by atoms with Gasteiger partial charge in [0.15, 0.2) is 0 Å². The van der Waals surface area contributed by atoms with E-state index in [1.165, 1.54) is 0 Å². The van der Waals surface area contributed by atoms with Crippen LogP contribution in [0.2, 0.25) is 0 Å². The Morgan fingerprint density at radius 3 is 2.83 bits per heavy atom. The van der Waals surface area contributed by atoms with Crippen LogP contribution in [0.5, 0.6) is 5.75 Å². The lowest BCUT2D eigenvalue weighted by molar-refractivity contribution is 0.340. The van der Waals surface area contributed by atoms with Gasteiger partial charge in [-0.3, -0.25) is 0 Å². The average Bonchev–Trinajstić information content (AvgIpc) is 2.04. The summed E-state index contributed by atoms with van der Waals surface area (Å²) < 4.78 is 5.24. The summed E-state index contributed by atoms with van der Waals surface area (Å²) in [5.74, 6) is 0.710. The molecule has 0 saturated heterocycles. The van der Waals surface area contributed by atoms with Gasteiger partial charge in [0.05, 0.1) is 18.2 Å². The van der Waals surface area contributed by atoms with Crippen LogP contribution in [-0.4, -0.2) is 6.61 Å². The summed E-state index contributed by atoms with van der Waals surface area (Å²) in [6, 6.07) is 7.29. The molecule has 0 aliphatic carbocycles. The number of nitrogens with zero attached hydrogens (tertiary/aromatic N) is 1. The third-order valence-corrected chi connectivity index (χ3v) is 1.41. The van der Waals surface area contributed by atoms with E-state index in [-0.39, 0.29) is 0 Å². The van der Waals surface area contributed by atoms with Crippen LogP contribution in [0.1, 0.15) is 18.1 Å². The van der Waals surface area contributed by atoms with Gasteiger partial charge in [-0.05, 0) is 37.6 Å². The van der Waals surface area contributed by atoms with E-state index < -0.39 is 0 Å². The summed E-state index contributed by atoms with van der Waals surface area (Å²) in [6.07, 6.45) is 0. The molecule has 0 aliphatic heterocycles. The van der Waals surface area contributed by atoms with Gasteiger partial charge >= 0.3 is 0 Å². The molecule has 0 saturated carbocycles. The molecule has 1 aromatic carbocycles. The number of nitriles is 1. The molecule has 0 aromatic heterocycles. The number of ether oxygens (including phenoxy) is 1. The van der Waals surface area contributed by atoms with Crippen molar-refractivity contribution in [3.63, 3.8) is 0 Å². The monoisotopic (exact) mass is 160 g/mol. The lowest BCUT2D eigenvalue weighted by Gasteiger charge is -2.03. The standard InChI is InChI=1S/C10H10NO/c1-3-12-10-5-8(2)4-9(6-10)7-11/h4-6H,2-3H2,1H3. The van der Waals surface area contributed by atoms with Crippen molar-refractivity contribution in [3.05, 3.63) is 36.2 Å². The Hall–Kier alpha value is -1.49. The zero-order valence-corrected chi connectivity index (χ0v) is 7.00. The van der Waals surface area contributed by atoms with Crippen molar-refractivity contribution in [3.8, 4) is 11.8 Å². The van der Waals surface area contributed by atoms with Crippen LogP contribution in [0, 0.1) is 18.3 Å². The second-order valence-electron chi connectivity index (χ2n) is 2.41. The molecular weight excluding hydrogens is 150 g/mol. The minimum atomic E-state index is 0.589. The first-order valence-corrected chi connectivity index (χ1v) is 3.76. The zero-order chi connectivity index (χ0) is 8.97. The van der Waals surface area contributed by atoms with Crippen molar-refractivity contribution in [2.24, 2.45) is 0 Å². The average molecular weight is 160 g/mol. The van der Waals surface area contributed by atoms with Gasteiger partial charge in [-0.25, -0.2) is 0 Å². The first kappa shape index (κ1) is 8.61. The molecule has 2 heteroatoms. The molecule has 0 aliphatic rings. The predicted octanol–water partition coefficient (Wildman–Crippen LogP) is 2.14. The number of benzene rings is 1. The molecule has 0 N–H and O–H groups in total. The van der Waals surface area contributed by atoms with E-state index in [0.29, 0.717) is 17.9 Å². The minimum absolute atomic E-state index is 0.589. The van der Waals surface area contributed by atoms with Gasteiger partial charge in [-0.15, -0.1) is 0 Å². The molecule has 0 amide bonds. The van der Waals surface area contributed by atoms with E-state index in [4.69, 9.17) is 10.00 Å². The SMILES string of the molecule is [CH2]c1cc(C#N)cc(OCC)c1. The normalized spacial score (nSPS) is 9.08. The van der Waals surface area contributed by atoms with Crippen LogP contribution in [0.3, 0.4) is 0 Å². The molecule has 1 rings (SSSR count). The Morgan fingerprint density at radius 2 is 2.25 bits per heavy atom. The highest BCUT2D eigenvalue weighted by Crippen LogP contribution is 2.15. The Labute approximate surface area is 72.4 Å². The second-order valence-corrected chi connectivity index (χ2v) is 2.41. The molecule has 0 spiro atoms. The largest absolute Gasteiger partial charge is 0.494 e. The Balaban J connectivity index is 3.00. The van der Waals surface area contributed by atoms with Crippen LogP contribution in [0.15, 0.2) is 18.2 Å². The van der Waals surface area contributed by atoms with Crippen molar-refractivity contribution >= 4 is 0 Å². The lowest BCUT2D eigenvalue weighted by atomic mass is 10.1. The summed E-state index contributed by atoms with van der Waals surface area (Å²) >= 11 is 0. The highest BCUT2D eigenvalue weighted by atomic mass is 16.5. The summed E-state index contributed by atoms with van der Waals surface area (Å²) in [5, 5.41) is 8.62. The van der Waals surface area contributed by atoms with E-state index in [2.05, 4.69) is 6.92 Å². The molecule has 0 heterocycles. The molecular formula is C10H10NO. The van der Waals surface area contributed by atoms with Gasteiger partial charge in [0.1, 0.15) is 5.75 Å². The molecule has 2 nitrogen and oxygen atoms in total. The minimum Gasteiger partial charge on any atom is -0.494 e. The van der Waals surface area contributed by atoms with Crippen molar-refractivity contribution in [2.75, 3.05) is 6.61 Å². The van der Waals surface area contributed by atoms with E-state index in [9.17, 15) is 0 Å². The van der Waals surface area contributed by atoms with Crippen LogP contribution in [0.4, 0.5) is 0 Å². The summed E-state index contributed by atoms with van der Waals surface area (Å²) in [4.78, 5) is 0. The fraction of sp³-hybridized carbons (Fsp3) is 0.200. The maximum Gasteiger partial charge on any atom is 0.120 e. The highest BCUT2D eigenvalue weighted by molar-refractivity contribution is 5.41. The maximum atomic E-state index is 8.62. The Morgan fingerprint density at radius 1 is 1.50 bits per heavy atom. The topological polar surface area (TPSA) is 33.0 Å². The molecule has 0 unspecified atom stereocenters. The maximum absolute atomic E-state index is 8.62. The third-order valence-electron chi connectivity index (χ3n) is 1.41. The summed E-state index contributed by atoms with van der Waals surface area (Å²) in [5.41, 5.74) is 1.39. The van der Waals surface area contributed by atoms with Gasteiger partial charge < -0.3 is 4.74 Å². The second kappa shape index (κ2) is 3.77. The third kappa shape index (κ3) is 2.00. The predicted molar refractivity (Wildman–Crippen MR) is 46.8 cm³/mol. The zero-order valence-electron chi connectivity index (χ0n) is 7.00. The number of hydrogen-bond donors (Lipinski definition) is 0. The van der Waals surface area contributed by atoms with Crippen molar-refractivity contribution < 1.29 is 4.74 Å². The van der Waals surface area contributed by atoms with Crippen LogP contribution in [0.25, 0.3) is 0 Å². The van der Waals surface area contributed by atoms with Gasteiger partial charge in [-0.1, -0.05) is 0 Å². The van der Waals surface area contributed by atoms with E-state index >= 15 is 0 Å². The fourth-order valence-electron chi connectivity index (χ4n) is 0.975. The van der Waals surface area contributed by atoms with Gasteiger partial charge in [0.25, 0.3) is 0 Å². The van der Waals surface area contributed by atoms with Gasteiger partial charge in [0, 0.05) is 0 Å². The first-order valence-electron chi connectivity index (χ1n) is 3.76. The van der Waals surface area contributed by atoms with Crippen molar-refractivity contribution in [2.45, 2.75) is 6.92 Å².